The molecule has 0 saturated carbocycles. The van der Waals surface area contributed by atoms with Gasteiger partial charge in [0.25, 0.3) is 0 Å². The van der Waals surface area contributed by atoms with E-state index < -0.39 is 10.0 Å². The van der Waals surface area contributed by atoms with Crippen LogP contribution in [0.1, 0.15) is 27.2 Å². The molecule has 0 radical (unpaired) electrons. The number of carbonyl (C=O) groups is 1. The van der Waals surface area contributed by atoms with Gasteiger partial charge in [0.05, 0.1) is 12.4 Å². The van der Waals surface area contributed by atoms with Gasteiger partial charge in [-0.05, 0) is 43.2 Å². The van der Waals surface area contributed by atoms with E-state index in [9.17, 15) is 13.2 Å². The molecule has 142 valence electrons. The Kier molecular flexibility index (Phi) is 8.75. The van der Waals surface area contributed by atoms with Crippen LogP contribution in [0.4, 0.5) is 5.69 Å². The lowest BCUT2D eigenvalue weighted by molar-refractivity contribution is -0.113. The summed E-state index contributed by atoms with van der Waals surface area (Å²) in [6.45, 7) is 6.44. The zero-order valence-electron chi connectivity index (χ0n) is 15.5. The topological polar surface area (TPSA) is 75.7 Å². The Morgan fingerprint density at radius 1 is 1.32 bits per heavy atom. The maximum Gasteiger partial charge on any atom is 0.246 e. The highest BCUT2D eigenvalue weighted by atomic mass is 32.2. The van der Waals surface area contributed by atoms with E-state index in [0.717, 1.165) is 16.5 Å². The number of nitrogens with one attached hydrogen (secondary N) is 1. The number of thioether (sulfide) groups is 1. The molecule has 0 atom stereocenters. The summed E-state index contributed by atoms with van der Waals surface area (Å²) >= 11 is 1.57. The molecule has 1 aromatic carbocycles. The highest BCUT2D eigenvalue weighted by Gasteiger charge is 2.23. The molecular formula is C17H28N2O4S2. The van der Waals surface area contributed by atoms with Gasteiger partial charge in [-0.2, -0.15) is 11.8 Å². The van der Waals surface area contributed by atoms with Crippen LogP contribution in [-0.2, 0) is 14.8 Å². The van der Waals surface area contributed by atoms with E-state index in [1.165, 1.54) is 20.2 Å². The van der Waals surface area contributed by atoms with Gasteiger partial charge in [-0.1, -0.05) is 13.8 Å². The third kappa shape index (κ3) is 6.87. The second kappa shape index (κ2) is 10.0. The number of sulfonamides is 1. The van der Waals surface area contributed by atoms with Crippen LogP contribution in [0, 0.1) is 5.92 Å². The number of benzene rings is 1. The fourth-order valence-electron chi connectivity index (χ4n) is 1.94. The van der Waals surface area contributed by atoms with E-state index in [0.29, 0.717) is 24.0 Å². The summed E-state index contributed by atoms with van der Waals surface area (Å²) in [7, 11) is -0.747. The van der Waals surface area contributed by atoms with Crippen molar-refractivity contribution in [1.82, 2.24) is 4.31 Å². The summed E-state index contributed by atoms with van der Waals surface area (Å²) < 4.78 is 31.5. The van der Waals surface area contributed by atoms with Crippen LogP contribution in [0.25, 0.3) is 0 Å². The predicted molar refractivity (Wildman–Crippen MR) is 104 cm³/mol. The maximum atomic E-state index is 12.5. The van der Waals surface area contributed by atoms with Crippen LogP contribution < -0.4 is 10.1 Å². The molecule has 1 amide bonds. The minimum Gasteiger partial charge on any atom is -0.492 e. The Morgan fingerprint density at radius 2 is 2.00 bits per heavy atom. The molecule has 0 fully saturated rings. The molecule has 0 saturated heterocycles. The number of ether oxygens (including phenoxy) is 1. The van der Waals surface area contributed by atoms with Gasteiger partial charge in [0, 0.05) is 19.8 Å². The zero-order valence-corrected chi connectivity index (χ0v) is 17.2. The molecule has 0 unspecified atom stereocenters. The predicted octanol–water partition coefficient (Wildman–Crippen LogP) is 3.05. The molecule has 25 heavy (non-hydrogen) atoms. The summed E-state index contributed by atoms with van der Waals surface area (Å²) in [5.41, 5.74) is 0.443. The molecule has 8 heteroatoms. The van der Waals surface area contributed by atoms with Crippen LogP contribution in [0.15, 0.2) is 23.1 Å². The Balaban J connectivity index is 2.86. The normalized spacial score (nSPS) is 11.8. The molecule has 0 bridgehead atoms. The number of anilines is 1. The Morgan fingerprint density at radius 3 is 2.56 bits per heavy atom. The Hall–Kier alpha value is -1.25. The monoisotopic (exact) mass is 388 g/mol. The van der Waals surface area contributed by atoms with Crippen molar-refractivity contribution in [3.05, 3.63) is 18.2 Å². The van der Waals surface area contributed by atoms with Gasteiger partial charge >= 0.3 is 0 Å². The van der Waals surface area contributed by atoms with Gasteiger partial charge in [0.2, 0.25) is 15.9 Å². The number of nitrogens with zero attached hydrogens (tertiary/aromatic N) is 1. The van der Waals surface area contributed by atoms with Crippen LogP contribution in [-0.4, -0.2) is 50.8 Å². The number of rotatable bonds is 10. The zero-order chi connectivity index (χ0) is 19.0. The summed E-state index contributed by atoms with van der Waals surface area (Å²) in [6, 6.07) is 4.66. The highest BCUT2D eigenvalue weighted by Crippen LogP contribution is 2.29. The second-order valence-electron chi connectivity index (χ2n) is 6.17. The number of hydrogen-bond acceptors (Lipinski definition) is 5. The number of hydrogen-bond donors (Lipinski definition) is 1. The van der Waals surface area contributed by atoms with E-state index in [1.807, 2.05) is 0 Å². The average Bonchev–Trinajstić information content (AvgIpc) is 2.52. The molecule has 0 aliphatic rings. The van der Waals surface area contributed by atoms with Gasteiger partial charge in [-0.25, -0.2) is 12.7 Å². The third-order valence-electron chi connectivity index (χ3n) is 3.36. The number of amides is 1. The maximum absolute atomic E-state index is 12.5. The fraction of sp³-hybridized carbons (Fsp3) is 0.588. The average molecular weight is 389 g/mol. The van der Waals surface area contributed by atoms with Crippen molar-refractivity contribution in [2.45, 2.75) is 32.1 Å². The van der Waals surface area contributed by atoms with Crippen molar-refractivity contribution in [2.75, 3.05) is 37.5 Å². The van der Waals surface area contributed by atoms with Crippen molar-refractivity contribution >= 4 is 33.4 Å². The first-order valence-electron chi connectivity index (χ1n) is 8.25. The molecular weight excluding hydrogens is 360 g/mol. The van der Waals surface area contributed by atoms with Crippen LogP contribution in [0.5, 0.6) is 5.75 Å². The fourth-order valence-corrected chi connectivity index (χ4v) is 4.03. The van der Waals surface area contributed by atoms with Gasteiger partial charge < -0.3 is 10.1 Å². The van der Waals surface area contributed by atoms with Crippen LogP contribution >= 0.6 is 11.8 Å². The van der Waals surface area contributed by atoms with Gasteiger partial charge in [-0.3, -0.25) is 4.79 Å². The molecule has 0 spiro atoms. The highest BCUT2D eigenvalue weighted by molar-refractivity contribution is 7.99. The standard InChI is InChI=1S/C17H28N2O4S2/c1-6-23-15-8-7-14(11-16(15)25(21,22)19(4)5)18-17(20)12-24-10-9-13(2)3/h7-8,11,13H,6,9-10,12H2,1-5H3,(H,18,20). The van der Waals surface area contributed by atoms with Gasteiger partial charge in [0.15, 0.2) is 0 Å². The van der Waals surface area contributed by atoms with E-state index in [1.54, 1.807) is 30.8 Å². The lowest BCUT2D eigenvalue weighted by Crippen LogP contribution is -2.23. The van der Waals surface area contributed by atoms with Crippen molar-refractivity contribution in [2.24, 2.45) is 5.92 Å². The molecule has 0 aliphatic carbocycles. The van der Waals surface area contributed by atoms with Crippen molar-refractivity contribution in [3.8, 4) is 5.75 Å². The molecule has 0 heterocycles. The van der Waals surface area contributed by atoms with Crippen molar-refractivity contribution in [3.63, 3.8) is 0 Å². The van der Waals surface area contributed by atoms with E-state index in [-0.39, 0.29) is 16.6 Å². The largest absolute Gasteiger partial charge is 0.492 e. The molecule has 1 rings (SSSR count). The second-order valence-corrected chi connectivity index (χ2v) is 9.39. The minimum absolute atomic E-state index is 0.0459. The molecule has 1 N–H and O–H groups in total. The lowest BCUT2D eigenvalue weighted by Gasteiger charge is -2.16. The molecule has 6 nitrogen and oxygen atoms in total. The molecule has 1 aromatic rings. The third-order valence-corrected chi connectivity index (χ3v) is 6.19. The Bertz CT molecular complexity index is 673. The first-order chi connectivity index (χ1) is 11.7. The van der Waals surface area contributed by atoms with E-state index >= 15 is 0 Å². The summed E-state index contributed by atoms with van der Waals surface area (Å²) in [5.74, 6) is 2.01. The first kappa shape index (κ1) is 21.8. The van der Waals surface area contributed by atoms with E-state index in [2.05, 4.69) is 19.2 Å². The summed E-state index contributed by atoms with van der Waals surface area (Å²) in [4.78, 5) is 12.1. The SMILES string of the molecule is CCOc1ccc(NC(=O)CSCCC(C)C)cc1S(=O)(=O)N(C)C. The van der Waals surface area contributed by atoms with Crippen LogP contribution in [0.2, 0.25) is 0 Å². The van der Waals surface area contributed by atoms with E-state index in [4.69, 9.17) is 4.74 Å². The van der Waals surface area contributed by atoms with Gasteiger partial charge in [0.1, 0.15) is 10.6 Å². The van der Waals surface area contributed by atoms with Crippen molar-refractivity contribution in [1.29, 1.82) is 0 Å². The summed E-state index contributed by atoms with van der Waals surface area (Å²) in [6.07, 6.45) is 1.06. The summed E-state index contributed by atoms with van der Waals surface area (Å²) in [5, 5.41) is 2.75. The quantitative estimate of drug-likeness (QED) is 0.624. The minimum atomic E-state index is -3.67. The smallest absolute Gasteiger partial charge is 0.246 e. The molecule has 0 aliphatic heterocycles. The molecule has 0 aromatic heterocycles. The number of carbonyl (C=O) groups excluding carboxylic acids is 1. The Labute approximate surface area is 155 Å². The van der Waals surface area contributed by atoms with Crippen LogP contribution in [0.3, 0.4) is 0 Å². The van der Waals surface area contributed by atoms with Crippen molar-refractivity contribution < 1.29 is 17.9 Å². The first-order valence-corrected chi connectivity index (χ1v) is 10.8. The van der Waals surface area contributed by atoms with Gasteiger partial charge in [-0.15, -0.1) is 0 Å². The lowest BCUT2D eigenvalue weighted by atomic mass is 10.2.